The average molecular weight is 499 g/mol. The Morgan fingerprint density at radius 1 is 1.06 bits per heavy atom. The van der Waals surface area contributed by atoms with Gasteiger partial charge in [0.15, 0.2) is 6.61 Å². The molecule has 0 unspecified atom stereocenters. The van der Waals surface area contributed by atoms with Crippen molar-refractivity contribution in [3.05, 3.63) is 99.9 Å². The molecule has 0 spiro atoms. The van der Waals surface area contributed by atoms with Crippen LogP contribution < -0.4 is 9.64 Å². The van der Waals surface area contributed by atoms with Crippen molar-refractivity contribution >= 4 is 28.9 Å². The molecule has 0 saturated carbocycles. The fraction of sp³-hybridized carbons (Fsp3) is 0.207. The van der Waals surface area contributed by atoms with E-state index in [4.69, 9.17) is 14.5 Å². The van der Waals surface area contributed by atoms with Gasteiger partial charge in [-0.3, -0.25) is 4.79 Å². The number of benzene rings is 3. The predicted molar refractivity (Wildman–Crippen MR) is 140 cm³/mol. The van der Waals surface area contributed by atoms with Gasteiger partial charge in [-0.1, -0.05) is 49.4 Å². The second-order valence-electron chi connectivity index (χ2n) is 8.57. The Balaban J connectivity index is 1.35. The lowest BCUT2D eigenvalue weighted by atomic mass is 10.1. The minimum atomic E-state index is -0.337. The van der Waals surface area contributed by atoms with E-state index in [2.05, 4.69) is 12.1 Å². The van der Waals surface area contributed by atoms with Crippen LogP contribution in [0.1, 0.15) is 39.8 Å². The summed E-state index contributed by atoms with van der Waals surface area (Å²) >= 11 is 1.63. The number of carbonyl (C=O) groups is 2. The van der Waals surface area contributed by atoms with Crippen molar-refractivity contribution < 1.29 is 19.1 Å². The van der Waals surface area contributed by atoms with Gasteiger partial charge in [-0.05, 0) is 47.9 Å². The van der Waals surface area contributed by atoms with Gasteiger partial charge in [0.2, 0.25) is 0 Å². The van der Waals surface area contributed by atoms with Crippen LogP contribution in [0.15, 0.2) is 78.2 Å². The molecule has 0 fully saturated rings. The summed E-state index contributed by atoms with van der Waals surface area (Å²) in [4.78, 5) is 31.5. The summed E-state index contributed by atoms with van der Waals surface area (Å²) in [6.07, 6.45) is 1.56. The Hall–Kier alpha value is -3.97. The molecule has 182 valence electrons. The van der Waals surface area contributed by atoms with Crippen molar-refractivity contribution in [2.45, 2.75) is 26.3 Å². The molecule has 1 aliphatic rings. The van der Waals surface area contributed by atoms with Gasteiger partial charge in [0.05, 0.1) is 35.1 Å². The summed E-state index contributed by atoms with van der Waals surface area (Å²) in [5, 5.41) is 3.09. The van der Waals surface area contributed by atoms with Gasteiger partial charge in [0.1, 0.15) is 5.75 Å². The number of hydrogen-bond acceptors (Lipinski definition) is 6. The zero-order valence-corrected chi connectivity index (χ0v) is 20.8. The van der Waals surface area contributed by atoms with Gasteiger partial charge >= 0.3 is 5.97 Å². The Labute approximate surface area is 214 Å². The van der Waals surface area contributed by atoms with Gasteiger partial charge in [-0.25, -0.2) is 9.78 Å². The van der Waals surface area contributed by atoms with Crippen LogP contribution in [0.5, 0.6) is 5.75 Å². The zero-order chi connectivity index (χ0) is 24.9. The number of aromatic nitrogens is 1. The third kappa shape index (κ3) is 5.31. The molecule has 5 rings (SSSR count). The van der Waals surface area contributed by atoms with Gasteiger partial charge in [0.25, 0.3) is 5.91 Å². The minimum Gasteiger partial charge on any atom is -0.482 e. The summed E-state index contributed by atoms with van der Waals surface area (Å²) in [6, 6.07) is 23.3. The van der Waals surface area contributed by atoms with Crippen LogP contribution in [0.4, 0.5) is 5.69 Å². The number of ether oxygens (including phenoxy) is 2. The van der Waals surface area contributed by atoms with Crippen LogP contribution in [0.25, 0.3) is 11.3 Å². The first-order chi connectivity index (χ1) is 17.6. The summed E-state index contributed by atoms with van der Waals surface area (Å²) in [5.41, 5.74) is 5.15. The molecule has 0 N–H and O–H groups in total. The molecule has 6 nitrogen and oxygen atoms in total. The van der Waals surface area contributed by atoms with Crippen LogP contribution in [0, 0.1) is 0 Å². The third-order valence-electron chi connectivity index (χ3n) is 5.92. The maximum atomic E-state index is 12.8. The van der Waals surface area contributed by atoms with Crippen LogP contribution >= 0.6 is 11.3 Å². The zero-order valence-electron chi connectivity index (χ0n) is 20.0. The molecule has 36 heavy (non-hydrogen) atoms. The van der Waals surface area contributed by atoms with Crippen molar-refractivity contribution in [1.82, 2.24) is 4.98 Å². The van der Waals surface area contributed by atoms with Gasteiger partial charge in [0, 0.05) is 17.4 Å². The van der Waals surface area contributed by atoms with Crippen LogP contribution in [0.2, 0.25) is 0 Å². The number of fused-ring (bicyclic) bond motifs is 1. The number of anilines is 1. The Morgan fingerprint density at radius 2 is 1.86 bits per heavy atom. The molecular weight excluding hydrogens is 472 g/mol. The highest BCUT2D eigenvalue weighted by atomic mass is 32.1. The smallest absolute Gasteiger partial charge is 0.338 e. The second kappa shape index (κ2) is 10.7. The fourth-order valence-electron chi connectivity index (χ4n) is 4.04. The molecule has 0 atom stereocenters. The molecule has 0 bridgehead atoms. The highest BCUT2D eigenvalue weighted by molar-refractivity contribution is 7.10. The highest BCUT2D eigenvalue weighted by Gasteiger charge is 2.26. The van der Waals surface area contributed by atoms with Crippen LogP contribution in [-0.4, -0.2) is 30.1 Å². The lowest BCUT2D eigenvalue weighted by Gasteiger charge is -2.30. The second-order valence-corrected chi connectivity index (χ2v) is 9.52. The van der Waals surface area contributed by atoms with Gasteiger partial charge < -0.3 is 14.4 Å². The largest absolute Gasteiger partial charge is 0.482 e. The average Bonchev–Trinajstić information content (AvgIpc) is 3.38. The van der Waals surface area contributed by atoms with E-state index in [-0.39, 0.29) is 18.5 Å². The van der Waals surface area contributed by atoms with E-state index < -0.39 is 0 Å². The number of hydrogen-bond donors (Lipinski definition) is 0. The molecular formula is C29H26N2O4S. The van der Waals surface area contributed by atoms with E-state index in [1.807, 2.05) is 60.8 Å². The number of carbonyl (C=O) groups excluding carboxylic acids is 2. The number of nitrogens with zero attached hydrogens (tertiary/aromatic N) is 2. The van der Waals surface area contributed by atoms with E-state index in [0.717, 1.165) is 34.7 Å². The summed E-state index contributed by atoms with van der Waals surface area (Å²) in [5.74, 6) is 0.211. The first-order valence-electron chi connectivity index (χ1n) is 11.9. The predicted octanol–water partition coefficient (Wildman–Crippen LogP) is 5.89. The third-order valence-corrected chi connectivity index (χ3v) is 6.76. The molecule has 1 aliphatic heterocycles. The molecule has 7 heteroatoms. The highest BCUT2D eigenvalue weighted by Crippen LogP contribution is 2.37. The standard InChI is InChI=1S/C29H26N2O4S/c1-2-14-34-29(33)22-10-8-21(9-11-22)17-31-25-16-23(12-13-26(25)35-18-28(31)32)24-19-36-27(30-24)15-20-6-4-3-5-7-20/h3-13,16,19H,2,14-15,17-18H2,1H3. The molecule has 2 heterocycles. The molecule has 0 aliphatic carbocycles. The molecule has 0 radical (unpaired) electrons. The SMILES string of the molecule is CCCOC(=O)c1ccc(CN2C(=O)COc3ccc(-c4csc(Cc5ccccc5)n4)cc32)cc1. The first-order valence-corrected chi connectivity index (χ1v) is 12.8. The number of amides is 1. The summed E-state index contributed by atoms with van der Waals surface area (Å²) in [6.45, 7) is 2.72. The van der Waals surface area contributed by atoms with E-state index in [0.29, 0.717) is 30.2 Å². The van der Waals surface area contributed by atoms with Crippen molar-refractivity contribution in [2.24, 2.45) is 0 Å². The topological polar surface area (TPSA) is 68.7 Å². The van der Waals surface area contributed by atoms with Crippen molar-refractivity contribution in [1.29, 1.82) is 0 Å². The normalized spacial score (nSPS) is 12.7. The molecule has 1 aromatic heterocycles. The minimum absolute atomic E-state index is 0.00824. The lowest BCUT2D eigenvalue weighted by molar-refractivity contribution is -0.121. The Bertz CT molecular complexity index is 1370. The monoisotopic (exact) mass is 498 g/mol. The quantitative estimate of drug-likeness (QED) is 0.283. The number of esters is 1. The number of thiazole rings is 1. The van der Waals surface area contributed by atoms with E-state index in [9.17, 15) is 9.59 Å². The number of rotatable bonds is 8. The van der Waals surface area contributed by atoms with E-state index >= 15 is 0 Å². The van der Waals surface area contributed by atoms with E-state index in [1.54, 1.807) is 28.4 Å². The summed E-state index contributed by atoms with van der Waals surface area (Å²) < 4.78 is 10.9. The van der Waals surface area contributed by atoms with Crippen LogP contribution in [-0.2, 0) is 22.5 Å². The molecule has 3 aromatic carbocycles. The Morgan fingerprint density at radius 3 is 2.64 bits per heavy atom. The van der Waals surface area contributed by atoms with Crippen molar-refractivity contribution in [2.75, 3.05) is 18.1 Å². The first kappa shape index (κ1) is 23.8. The molecule has 0 saturated heterocycles. The molecule has 4 aromatic rings. The van der Waals surface area contributed by atoms with Crippen molar-refractivity contribution in [3.63, 3.8) is 0 Å². The van der Waals surface area contributed by atoms with Crippen LogP contribution in [0.3, 0.4) is 0 Å². The lowest BCUT2D eigenvalue weighted by Crippen LogP contribution is -2.38. The maximum Gasteiger partial charge on any atom is 0.338 e. The molecule has 1 amide bonds. The van der Waals surface area contributed by atoms with E-state index in [1.165, 1.54) is 5.56 Å². The van der Waals surface area contributed by atoms with Crippen molar-refractivity contribution in [3.8, 4) is 17.0 Å². The fourth-order valence-corrected chi connectivity index (χ4v) is 4.87. The maximum absolute atomic E-state index is 12.8. The van der Waals surface area contributed by atoms with Gasteiger partial charge in [-0.15, -0.1) is 11.3 Å². The van der Waals surface area contributed by atoms with Gasteiger partial charge in [-0.2, -0.15) is 0 Å². The summed E-state index contributed by atoms with van der Waals surface area (Å²) in [7, 11) is 0. The Kier molecular flexibility index (Phi) is 7.09.